The predicted molar refractivity (Wildman–Crippen MR) is 59.6 cm³/mol. The molecule has 4 nitrogen and oxygen atoms in total. The Kier molecular flexibility index (Phi) is 3.63. The van der Waals surface area contributed by atoms with Crippen molar-refractivity contribution in [1.29, 1.82) is 0 Å². The maximum absolute atomic E-state index is 12.2. The number of nitrogens with two attached hydrogens (primary N) is 1. The van der Waals surface area contributed by atoms with Gasteiger partial charge in [0.25, 0.3) is 0 Å². The van der Waals surface area contributed by atoms with Crippen LogP contribution in [0.25, 0.3) is 0 Å². The third-order valence-electron chi connectivity index (χ3n) is 3.19. The van der Waals surface area contributed by atoms with Crippen LogP contribution >= 0.6 is 0 Å². The van der Waals surface area contributed by atoms with Gasteiger partial charge in [-0.25, -0.2) is 0 Å². The Hall–Kier alpha value is -1.16. The molecule has 0 unspecified atom stereocenters. The van der Waals surface area contributed by atoms with E-state index in [4.69, 9.17) is 5.73 Å². The molecular formula is C11H19N3O. The summed E-state index contributed by atoms with van der Waals surface area (Å²) in [6, 6.07) is 0. The van der Waals surface area contributed by atoms with Gasteiger partial charge in [-0.2, -0.15) is 5.10 Å². The van der Waals surface area contributed by atoms with Gasteiger partial charge in [0, 0.05) is 25.2 Å². The zero-order valence-corrected chi connectivity index (χ0v) is 9.66. The highest BCUT2D eigenvalue weighted by Crippen LogP contribution is 2.29. The Morgan fingerprint density at radius 1 is 1.53 bits per heavy atom. The molecule has 84 valence electrons. The van der Waals surface area contributed by atoms with Gasteiger partial charge in [0.2, 0.25) is 0 Å². The Morgan fingerprint density at radius 3 is 2.47 bits per heavy atom. The van der Waals surface area contributed by atoms with Gasteiger partial charge in [-0.15, -0.1) is 0 Å². The molecule has 0 fully saturated rings. The molecule has 15 heavy (non-hydrogen) atoms. The second-order valence-corrected chi connectivity index (χ2v) is 3.92. The second-order valence-electron chi connectivity index (χ2n) is 3.92. The summed E-state index contributed by atoms with van der Waals surface area (Å²) in [6.07, 6.45) is 4.90. The van der Waals surface area contributed by atoms with Crippen LogP contribution in [0.15, 0.2) is 12.4 Å². The van der Waals surface area contributed by atoms with Gasteiger partial charge in [-0.05, 0) is 12.8 Å². The standard InChI is InChI=1S/C11H19N3O/c1-4-11(5-2,8-12)10(15)9-6-13-14(3)7-9/h6-7H,4-5,8,12H2,1-3H3. The highest BCUT2D eigenvalue weighted by Gasteiger charge is 2.34. The van der Waals surface area contributed by atoms with Gasteiger partial charge in [-0.3, -0.25) is 9.48 Å². The second kappa shape index (κ2) is 4.57. The van der Waals surface area contributed by atoms with E-state index in [1.807, 2.05) is 13.8 Å². The summed E-state index contributed by atoms with van der Waals surface area (Å²) in [4.78, 5) is 12.2. The van der Waals surface area contributed by atoms with Gasteiger partial charge in [0.1, 0.15) is 0 Å². The lowest BCUT2D eigenvalue weighted by Crippen LogP contribution is -2.37. The molecule has 4 heteroatoms. The molecule has 0 aliphatic carbocycles. The lowest BCUT2D eigenvalue weighted by molar-refractivity contribution is 0.0787. The number of carbonyl (C=O) groups is 1. The van der Waals surface area contributed by atoms with E-state index in [2.05, 4.69) is 5.10 Å². The molecule has 0 atom stereocenters. The van der Waals surface area contributed by atoms with Gasteiger partial charge in [0.15, 0.2) is 5.78 Å². The fourth-order valence-corrected chi connectivity index (χ4v) is 1.80. The summed E-state index contributed by atoms with van der Waals surface area (Å²) >= 11 is 0. The molecule has 1 rings (SSSR count). The summed E-state index contributed by atoms with van der Waals surface area (Å²) in [7, 11) is 1.80. The Labute approximate surface area is 90.5 Å². The molecule has 1 aromatic heterocycles. The minimum Gasteiger partial charge on any atom is -0.329 e. The van der Waals surface area contributed by atoms with E-state index in [1.54, 1.807) is 24.1 Å². The van der Waals surface area contributed by atoms with Gasteiger partial charge in [0.05, 0.1) is 11.8 Å². The average Bonchev–Trinajstić information content (AvgIpc) is 2.68. The maximum Gasteiger partial charge on any atom is 0.173 e. The molecule has 0 aromatic carbocycles. The first kappa shape index (κ1) is 11.9. The highest BCUT2D eigenvalue weighted by atomic mass is 16.1. The van der Waals surface area contributed by atoms with Crippen LogP contribution in [0, 0.1) is 5.41 Å². The number of hydrogen-bond acceptors (Lipinski definition) is 3. The monoisotopic (exact) mass is 209 g/mol. The van der Waals surface area contributed by atoms with Crippen molar-refractivity contribution < 1.29 is 4.79 Å². The summed E-state index contributed by atoms with van der Waals surface area (Å²) < 4.78 is 1.64. The lowest BCUT2D eigenvalue weighted by atomic mass is 9.76. The molecule has 0 saturated carbocycles. The van der Waals surface area contributed by atoms with Crippen LogP contribution < -0.4 is 5.73 Å². The molecule has 1 aromatic rings. The van der Waals surface area contributed by atoms with Gasteiger partial charge >= 0.3 is 0 Å². The number of ketones is 1. The van der Waals surface area contributed by atoms with Crippen molar-refractivity contribution in [3.05, 3.63) is 18.0 Å². The maximum atomic E-state index is 12.2. The fraction of sp³-hybridized carbons (Fsp3) is 0.636. The molecule has 0 radical (unpaired) electrons. The first-order valence-electron chi connectivity index (χ1n) is 5.33. The molecule has 0 bridgehead atoms. The molecule has 0 saturated heterocycles. The van der Waals surface area contributed by atoms with Crippen molar-refractivity contribution in [2.24, 2.45) is 18.2 Å². The summed E-state index contributed by atoms with van der Waals surface area (Å²) in [6.45, 7) is 4.41. The summed E-state index contributed by atoms with van der Waals surface area (Å²) in [5.41, 5.74) is 5.97. The average molecular weight is 209 g/mol. The predicted octanol–water partition coefficient (Wildman–Crippen LogP) is 1.37. The van der Waals surface area contributed by atoms with Crippen LogP contribution in [0.4, 0.5) is 0 Å². The SMILES string of the molecule is CCC(CC)(CN)C(=O)c1cnn(C)c1. The molecule has 0 amide bonds. The van der Waals surface area contributed by atoms with Crippen LogP contribution in [-0.2, 0) is 7.05 Å². The smallest absolute Gasteiger partial charge is 0.173 e. The largest absolute Gasteiger partial charge is 0.329 e. The van der Waals surface area contributed by atoms with E-state index in [0.717, 1.165) is 12.8 Å². The quantitative estimate of drug-likeness (QED) is 0.745. The van der Waals surface area contributed by atoms with Crippen molar-refractivity contribution in [2.45, 2.75) is 26.7 Å². The Balaban J connectivity index is 3.00. The zero-order chi connectivity index (χ0) is 11.5. The van der Waals surface area contributed by atoms with Crippen molar-refractivity contribution in [3.63, 3.8) is 0 Å². The van der Waals surface area contributed by atoms with Crippen molar-refractivity contribution in [1.82, 2.24) is 9.78 Å². The summed E-state index contributed by atoms with van der Waals surface area (Å²) in [5, 5.41) is 4.01. The van der Waals surface area contributed by atoms with Crippen molar-refractivity contribution in [2.75, 3.05) is 6.54 Å². The lowest BCUT2D eigenvalue weighted by Gasteiger charge is -2.27. The first-order chi connectivity index (χ1) is 7.09. The number of nitrogens with zero attached hydrogens (tertiary/aromatic N) is 2. The summed E-state index contributed by atoms with van der Waals surface area (Å²) in [5.74, 6) is 0.114. The van der Waals surface area contributed by atoms with Crippen LogP contribution in [-0.4, -0.2) is 22.1 Å². The van der Waals surface area contributed by atoms with E-state index >= 15 is 0 Å². The number of aryl methyl sites for hydroxylation is 1. The third kappa shape index (κ3) is 2.09. The van der Waals surface area contributed by atoms with Crippen LogP contribution in [0.5, 0.6) is 0 Å². The Bertz CT molecular complexity index is 331. The molecule has 2 N–H and O–H groups in total. The topological polar surface area (TPSA) is 60.9 Å². The van der Waals surface area contributed by atoms with Crippen LogP contribution in [0.3, 0.4) is 0 Å². The first-order valence-corrected chi connectivity index (χ1v) is 5.33. The van der Waals surface area contributed by atoms with E-state index < -0.39 is 5.41 Å². The number of aromatic nitrogens is 2. The van der Waals surface area contributed by atoms with E-state index in [1.165, 1.54) is 0 Å². The van der Waals surface area contributed by atoms with E-state index in [0.29, 0.717) is 12.1 Å². The third-order valence-corrected chi connectivity index (χ3v) is 3.19. The van der Waals surface area contributed by atoms with Crippen molar-refractivity contribution >= 4 is 5.78 Å². The highest BCUT2D eigenvalue weighted by molar-refractivity contribution is 6.00. The number of rotatable bonds is 5. The molecule has 1 heterocycles. The Morgan fingerprint density at radius 2 is 2.13 bits per heavy atom. The minimum absolute atomic E-state index is 0.114. The number of hydrogen-bond donors (Lipinski definition) is 1. The van der Waals surface area contributed by atoms with Gasteiger partial charge < -0.3 is 5.73 Å². The van der Waals surface area contributed by atoms with Crippen LogP contribution in [0.1, 0.15) is 37.0 Å². The van der Waals surface area contributed by atoms with Gasteiger partial charge in [-0.1, -0.05) is 13.8 Å². The van der Waals surface area contributed by atoms with E-state index in [-0.39, 0.29) is 5.78 Å². The molecule has 0 aliphatic heterocycles. The molecular weight excluding hydrogens is 190 g/mol. The van der Waals surface area contributed by atoms with Crippen LogP contribution in [0.2, 0.25) is 0 Å². The zero-order valence-electron chi connectivity index (χ0n) is 9.66. The number of carbonyl (C=O) groups excluding carboxylic acids is 1. The fourth-order valence-electron chi connectivity index (χ4n) is 1.80. The number of Topliss-reactive ketones (excluding diaryl/α,β-unsaturated/α-hetero) is 1. The molecule has 0 spiro atoms. The molecule has 0 aliphatic rings. The van der Waals surface area contributed by atoms with E-state index in [9.17, 15) is 4.79 Å². The minimum atomic E-state index is -0.414. The van der Waals surface area contributed by atoms with Crippen molar-refractivity contribution in [3.8, 4) is 0 Å². The normalized spacial score (nSPS) is 11.7.